The van der Waals surface area contributed by atoms with Gasteiger partial charge in [-0.2, -0.15) is 0 Å². The first kappa shape index (κ1) is 63.3. The predicted octanol–water partition coefficient (Wildman–Crippen LogP) is -12.8. The van der Waals surface area contributed by atoms with Crippen LogP contribution in [0.3, 0.4) is 0 Å². The molecule has 34 atom stereocenters. The van der Waals surface area contributed by atoms with Crippen molar-refractivity contribution in [1.82, 2.24) is 0 Å². The Hall–Kier alpha value is -1.32. The van der Waals surface area contributed by atoms with Crippen molar-refractivity contribution in [3.05, 3.63) is 0 Å². The van der Waals surface area contributed by atoms with E-state index in [9.17, 15) is 102 Å². The van der Waals surface area contributed by atoms with Crippen molar-refractivity contribution in [2.45, 2.75) is 235 Å². The van der Waals surface area contributed by atoms with E-state index >= 15 is 0 Å². The first-order chi connectivity index (χ1) is 36.6. The molecule has 7 saturated heterocycles. The number of aliphatic hydroxyl groups excluding tert-OH is 20. The third-order valence-corrected chi connectivity index (χ3v) is 14.9. The van der Waals surface area contributed by atoms with Crippen molar-refractivity contribution in [3.8, 4) is 0 Å². The Bertz CT molecular complexity index is 1770. The van der Waals surface area contributed by atoms with Gasteiger partial charge in [-0.1, -0.05) is 13.8 Å². The van der Waals surface area contributed by atoms with Crippen LogP contribution in [0.4, 0.5) is 0 Å². The molecule has 0 saturated carbocycles. The van der Waals surface area contributed by atoms with Gasteiger partial charge in [0.25, 0.3) is 0 Å². The summed E-state index contributed by atoms with van der Waals surface area (Å²) in [6, 6.07) is 0. The van der Waals surface area contributed by atoms with E-state index in [0.717, 1.165) is 0 Å². The lowest BCUT2D eigenvalue weighted by Crippen LogP contribution is -2.68. The second kappa shape index (κ2) is 27.4. The number of hydrogen-bond acceptors (Lipinski definition) is 33. The number of rotatable bonds is 19. The zero-order valence-electron chi connectivity index (χ0n) is 41.5. The minimum atomic E-state index is -2.12. The first-order valence-electron chi connectivity index (χ1n) is 25.3. The number of hydrogen-bond donors (Lipinski definition) is 20. The fourth-order valence-corrected chi connectivity index (χ4v) is 10.3. The molecule has 0 aliphatic carbocycles. The maximum atomic E-state index is 11.4. The smallest absolute Gasteiger partial charge is 0.187 e. The molecule has 14 unspecified atom stereocenters. The summed E-state index contributed by atoms with van der Waals surface area (Å²) in [7, 11) is 0. The van der Waals surface area contributed by atoms with E-state index in [1.807, 2.05) is 0 Å². The van der Waals surface area contributed by atoms with Crippen LogP contribution in [0.25, 0.3) is 0 Å². The Morgan fingerprint density at radius 3 is 0.779 bits per heavy atom. The summed E-state index contributed by atoms with van der Waals surface area (Å²) in [4.78, 5) is 0. The second-order valence-corrected chi connectivity index (χ2v) is 19.9. The summed E-state index contributed by atoms with van der Waals surface area (Å²) >= 11 is 0. The monoisotopic (exact) mass is 1130 g/mol. The average Bonchev–Trinajstić information content (AvgIpc) is 3.43. The average molecular weight is 1130 g/mol. The van der Waals surface area contributed by atoms with Crippen LogP contribution in [-0.2, 0) is 61.6 Å². The van der Waals surface area contributed by atoms with Crippen LogP contribution < -0.4 is 0 Å². The Labute approximate surface area is 438 Å². The molecule has 7 aliphatic heterocycles. The Morgan fingerprint density at radius 2 is 0.506 bits per heavy atom. The SMILES string of the molecule is CCC1O[C@@H](O[C@@H]2C(CO)O[C@H](O[C@@H]3C(CO)O[C@H](O[C@@H]4C(CO)OCC(O)[C@H]4O)[C@@H](O)C3O)[C@@H](O)C2O)[C@@H](O)C(O)[C@@H]1O[C@@H]1OC(CO)[C@@H](O[C@@H]2OC(CO)[C@@H](O[C@H]3OC(CC)[C@@H](O)[C@H](O)C3O)C(O)[C@@H]2O)C(O)[C@@H]1O. The van der Waals surface area contributed by atoms with Gasteiger partial charge >= 0.3 is 0 Å². The van der Waals surface area contributed by atoms with Crippen molar-refractivity contribution in [2.75, 3.05) is 39.6 Å². The van der Waals surface area contributed by atoms with Gasteiger partial charge in [0.15, 0.2) is 37.7 Å². The van der Waals surface area contributed by atoms with E-state index < -0.39 is 242 Å². The molecule has 450 valence electrons. The fraction of sp³-hybridized carbons (Fsp3) is 1.00. The van der Waals surface area contributed by atoms with Gasteiger partial charge < -0.3 is 164 Å². The van der Waals surface area contributed by atoms with E-state index in [0.29, 0.717) is 0 Å². The topological polar surface area (TPSA) is 525 Å². The molecular formula is C44H76O33. The van der Waals surface area contributed by atoms with Gasteiger partial charge in [0.1, 0.15) is 159 Å². The molecule has 7 aliphatic rings. The summed E-state index contributed by atoms with van der Waals surface area (Å²) in [6.07, 6.45) is -59.7. The molecule has 20 N–H and O–H groups in total. The van der Waals surface area contributed by atoms with Crippen LogP contribution in [0, 0.1) is 0 Å². The largest absolute Gasteiger partial charge is 0.394 e. The van der Waals surface area contributed by atoms with E-state index in [4.69, 9.17) is 61.6 Å². The standard InChI is InChI=1S/C44H76O33/c1-3-12-20(52)21(53)27(59)39(66-12)74-35-15(6-46)70-43(31(63)25(35)57)76-37-17(8-48)68-41(29(61)23(37)55)72-33-13(4-2)67-40(28(60)22(33)54)75-36-16(7-47)71-44(32(64)26(36)58)77-38-18(9-49)69-42(30(62)24(38)56)73-34-14(5-45)65-10-11(50)19(34)51/h11-64H,3-10H2,1-2H3/t11?,12?,13?,14?,15?,16?,17?,18?,19-,20-,21+,22?,23?,24?,25?,26?,27?,28+,29+,30+,31+,32+,33-,34-,35-,36-,37-,38-,39-,40+,41+,42-,43+,44-/m1/s1. The van der Waals surface area contributed by atoms with E-state index in [1.54, 1.807) is 6.92 Å². The van der Waals surface area contributed by atoms with Crippen LogP contribution >= 0.6 is 0 Å². The third-order valence-electron chi connectivity index (χ3n) is 14.9. The van der Waals surface area contributed by atoms with Gasteiger partial charge in [-0.3, -0.25) is 0 Å². The highest BCUT2D eigenvalue weighted by atomic mass is 16.8. The highest BCUT2D eigenvalue weighted by molar-refractivity contribution is 5.00. The Kier molecular flexibility index (Phi) is 22.5. The maximum Gasteiger partial charge on any atom is 0.187 e. The molecule has 7 heterocycles. The highest BCUT2D eigenvalue weighted by Crippen LogP contribution is 2.38. The van der Waals surface area contributed by atoms with Crippen LogP contribution in [-0.4, -0.2) is 350 Å². The van der Waals surface area contributed by atoms with Gasteiger partial charge in [0.2, 0.25) is 0 Å². The van der Waals surface area contributed by atoms with Gasteiger partial charge in [-0.05, 0) is 12.8 Å². The Morgan fingerprint density at radius 1 is 0.273 bits per heavy atom. The van der Waals surface area contributed by atoms with Crippen LogP contribution in [0.2, 0.25) is 0 Å². The van der Waals surface area contributed by atoms with Crippen molar-refractivity contribution in [2.24, 2.45) is 0 Å². The predicted molar refractivity (Wildman–Crippen MR) is 237 cm³/mol. The van der Waals surface area contributed by atoms with Gasteiger partial charge in [-0.25, -0.2) is 0 Å². The third kappa shape index (κ3) is 13.1. The second-order valence-electron chi connectivity index (χ2n) is 19.9. The maximum absolute atomic E-state index is 11.4. The van der Waals surface area contributed by atoms with Crippen LogP contribution in [0.15, 0.2) is 0 Å². The molecule has 0 aromatic heterocycles. The molecular weight excluding hydrogens is 1060 g/mol. The number of aliphatic hydroxyl groups is 20. The summed E-state index contributed by atoms with van der Waals surface area (Å²) in [5.41, 5.74) is 0. The molecule has 0 amide bonds. The number of ether oxygens (including phenoxy) is 13. The first-order valence-corrected chi connectivity index (χ1v) is 25.3. The zero-order chi connectivity index (χ0) is 56.5. The van der Waals surface area contributed by atoms with Crippen molar-refractivity contribution >= 4 is 0 Å². The normalized spacial score (nSPS) is 53.1. The summed E-state index contributed by atoms with van der Waals surface area (Å²) < 4.78 is 73.7. The Balaban J connectivity index is 0.947. The van der Waals surface area contributed by atoms with E-state index in [1.165, 1.54) is 6.92 Å². The van der Waals surface area contributed by atoms with Crippen LogP contribution in [0.5, 0.6) is 0 Å². The minimum absolute atomic E-state index is 0.0431. The summed E-state index contributed by atoms with van der Waals surface area (Å²) in [5, 5.41) is 215. The molecule has 33 heteroatoms. The highest BCUT2D eigenvalue weighted by Gasteiger charge is 2.58. The molecule has 0 radical (unpaired) electrons. The quantitative estimate of drug-likeness (QED) is 0.0571. The lowest BCUT2D eigenvalue weighted by Gasteiger charge is -2.50. The molecule has 7 fully saturated rings. The summed E-state index contributed by atoms with van der Waals surface area (Å²) in [5.74, 6) is 0. The minimum Gasteiger partial charge on any atom is -0.394 e. The van der Waals surface area contributed by atoms with Crippen molar-refractivity contribution in [1.29, 1.82) is 0 Å². The van der Waals surface area contributed by atoms with Crippen molar-refractivity contribution in [3.63, 3.8) is 0 Å². The molecule has 0 spiro atoms. The summed E-state index contributed by atoms with van der Waals surface area (Å²) in [6.45, 7) is -1.67. The van der Waals surface area contributed by atoms with Crippen LogP contribution in [0.1, 0.15) is 26.7 Å². The van der Waals surface area contributed by atoms with Crippen molar-refractivity contribution < 1.29 is 164 Å². The molecule has 33 nitrogen and oxygen atoms in total. The van der Waals surface area contributed by atoms with Gasteiger partial charge in [0, 0.05) is 0 Å². The lowest BCUT2D eigenvalue weighted by atomic mass is 9.94. The van der Waals surface area contributed by atoms with Gasteiger partial charge in [-0.15, -0.1) is 0 Å². The van der Waals surface area contributed by atoms with E-state index in [2.05, 4.69) is 0 Å². The fourth-order valence-electron chi connectivity index (χ4n) is 10.3. The molecule has 77 heavy (non-hydrogen) atoms. The molecule has 7 rings (SSSR count). The molecule has 0 aromatic carbocycles. The zero-order valence-corrected chi connectivity index (χ0v) is 41.5. The molecule has 0 aromatic rings. The lowest BCUT2D eigenvalue weighted by molar-refractivity contribution is -0.396. The van der Waals surface area contributed by atoms with E-state index in [-0.39, 0.29) is 19.4 Å². The van der Waals surface area contributed by atoms with Gasteiger partial charge in [0.05, 0.1) is 51.8 Å². The molecule has 0 bridgehead atoms.